The summed E-state index contributed by atoms with van der Waals surface area (Å²) in [6.45, 7) is 3.64. The first-order chi connectivity index (χ1) is 10.6. The van der Waals surface area contributed by atoms with Crippen LogP contribution in [0.5, 0.6) is 0 Å². The number of benzene rings is 1. The van der Waals surface area contributed by atoms with Gasteiger partial charge >= 0.3 is 0 Å². The van der Waals surface area contributed by atoms with E-state index in [9.17, 15) is 9.18 Å². The van der Waals surface area contributed by atoms with Crippen LogP contribution in [0.15, 0.2) is 24.3 Å². The molecule has 116 valence electrons. The van der Waals surface area contributed by atoms with Crippen molar-refractivity contribution in [2.24, 2.45) is 0 Å². The molecule has 1 aliphatic heterocycles. The van der Waals surface area contributed by atoms with Crippen molar-refractivity contribution in [3.05, 3.63) is 30.1 Å². The van der Waals surface area contributed by atoms with Crippen LogP contribution in [0.25, 0.3) is 11.4 Å². The molecule has 0 bridgehead atoms. The van der Waals surface area contributed by atoms with Crippen LogP contribution in [0.1, 0.15) is 6.92 Å². The summed E-state index contributed by atoms with van der Waals surface area (Å²) < 4.78 is 18.3. The number of carbonyl (C=O) groups excluding carboxylic acids is 1. The summed E-state index contributed by atoms with van der Waals surface area (Å²) in [6.07, 6.45) is 0.0381. The van der Waals surface area contributed by atoms with E-state index >= 15 is 0 Å². The van der Waals surface area contributed by atoms with Crippen molar-refractivity contribution in [2.75, 3.05) is 19.7 Å². The zero-order valence-electron chi connectivity index (χ0n) is 12.1. The second kappa shape index (κ2) is 6.18. The van der Waals surface area contributed by atoms with Crippen molar-refractivity contribution in [2.45, 2.75) is 19.6 Å². The molecular formula is C14H16FN5O2. The zero-order chi connectivity index (χ0) is 15.5. The number of hydrogen-bond donors (Lipinski definition) is 0. The van der Waals surface area contributed by atoms with Gasteiger partial charge in [-0.2, -0.15) is 4.80 Å². The van der Waals surface area contributed by atoms with Crippen molar-refractivity contribution in [3.63, 3.8) is 0 Å². The molecule has 1 unspecified atom stereocenters. The van der Waals surface area contributed by atoms with Gasteiger partial charge in [-0.15, -0.1) is 10.2 Å². The first-order valence-electron chi connectivity index (χ1n) is 7.05. The number of tetrazole rings is 1. The fourth-order valence-corrected chi connectivity index (χ4v) is 2.29. The molecule has 1 aromatic carbocycles. The molecule has 1 fully saturated rings. The summed E-state index contributed by atoms with van der Waals surface area (Å²) >= 11 is 0. The number of morpholine rings is 1. The van der Waals surface area contributed by atoms with E-state index in [2.05, 4.69) is 15.4 Å². The van der Waals surface area contributed by atoms with Crippen LogP contribution in [-0.4, -0.2) is 56.8 Å². The van der Waals surface area contributed by atoms with Crippen molar-refractivity contribution in [1.82, 2.24) is 25.1 Å². The third kappa shape index (κ3) is 3.28. The lowest BCUT2D eigenvalue weighted by atomic mass is 10.2. The highest BCUT2D eigenvalue weighted by atomic mass is 19.1. The van der Waals surface area contributed by atoms with Crippen LogP contribution in [0.2, 0.25) is 0 Å². The average molecular weight is 305 g/mol. The van der Waals surface area contributed by atoms with Gasteiger partial charge in [0, 0.05) is 18.7 Å². The number of nitrogens with zero attached hydrogens (tertiary/aromatic N) is 5. The third-order valence-corrected chi connectivity index (χ3v) is 3.43. The Morgan fingerprint density at radius 1 is 1.41 bits per heavy atom. The number of aromatic nitrogens is 4. The Balaban J connectivity index is 1.66. The smallest absolute Gasteiger partial charge is 0.246 e. The minimum absolute atomic E-state index is 0.0287. The summed E-state index contributed by atoms with van der Waals surface area (Å²) in [7, 11) is 0. The lowest BCUT2D eigenvalue weighted by Crippen LogP contribution is -2.45. The molecule has 22 heavy (non-hydrogen) atoms. The second-order valence-electron chi connectivity index (χ2n) is 5.17. The molecule has 1 amide bonds. The third-order valence-electron chi connectivity index (χ3n) is 3.43. The predicted molar refractivity (Wildman–Crippen MR) is 75.2 cm³/mol. The Morgan fingerprint density at radius 3 is 2.91 bits per heavy atom. The van der Waals surface area contributed by atoms with E-state index in [0.717, 1.165) is 0 Å². The van der Waals surface area contributed by atoms with Gasteiger partial charge in [0.2, 0.25) is 11.7 Å². The number of hydrogen-bond acceptors (Lipinski definition) is 5. The van der Waals surface area contributed by atoms with Gasteiger partial charge in [-0.1, -0.05) is 0 Å². The van der Waals surface area contributed by atoms with Gasteiger partial charge in [-0.05, 0) is 36.4 Å². The fraction of sp³-hybridized carbons (Fsp3) is 0.429. The number of ether oxygens (including phenoxy) is 1. The predicted octanol–water partition coefficient (Wildman–Crippen LogP) is 0.726. The Hall–Kier alpha value is -2.35. The van der Waals surface area contributed by atoms with Crippen molar-refractivity contribution in [3.8, 4) is 11.4 Å². The molecule has 0 aliphatic carbocycles. The van der Waals surface area contributed by atoms with Crippen molar-refractivity contribution in [1.29, 1.82) is 0 Å². The van der Waals surface area contributed by atoms with Gasteiger partial charge in [-0.25, -0.2) is 4.39 Å². The number of rotatable bonds is 3. The minimum Gasteiger partial charge on any atom is -0.375 e. The summed E-state index contributed by atoms with van der Waals surface area (Å²) in [5, 5.41) is 11.9. The highest BCUT2D eigenvalue weighted by Crippen LogP contribution is 2.13. The average Bonchev–Trinajstić information content (AvgIpc) is 2.96. The number of halogens is 1. The molecule has 8 heteroatoms. The molecule has 0 saturated carbocycles. The summed E-state index contributed by atoms with van der Waals surface area (Å²) in [6, 6.07) is 5.80. The van der Waals surface area contributed by atoms with Crippen molar-refractivity contribution < 1.29 is 13.9 Å². The van der Waals surface area contributed by atoms with Crippen LogP contribution in [0.3, 0.4) is 0 Å². The van der Waals surface area contributed by atoms with E-state index in [0.29, 0.717) is 31.1 Å². The Kier molecular flexibility index (Phi) is 4.10. The summed E-state index contributed by atoms with van der Waals surface area (Å²) in [5.41, 5.74) is 0.653. The van der Waals surface area contributed by atoms with Crippen molar-refractivity contribution >= 4 is 5.91 Å². The number of carbonyl (C=O) groups is 1. The van der Waals surface area contributed by atoms with Crippen LogP contribution in [0.4, 0.5) is 4.39 Å². The summed E-state index contributed by atoms with van der Waals surface area (Å²) in [4.78, 5) is 15.2. The van der Waals surface area contributed by atoms with E-state index in [-0.39, 0.29) is 24.4 Å². The molecule has 3 rings (SSSR count). The van der Waals surface area contributed by atoms with E-state index in [1.54, 1.807) is 17.0 Å². The maximum atomic E-state index is 12.9. The second-order valence-corrected chi connectivity index (χ2v) is 5.17. The molecule has 2 heterocycles. The minimum atomic E-state index is -0.326. The molecule has 0 spiro atoms. The van der Waals surface area contributed by atoms with Gasteiger partial charge in [0.25, 0.3) is 0 Å². The van der Waals surface area contributed by atoms with Crippen LogP contribution in [-0.2, 0) is 16.1 Å². The quantitative estimate of drug-likeness (QED) is 0.835. The van der Waals surface area contributed by atoms with E-state index in [4.69, 9.17) is 4.74 Å². The molecule has 1 saturated heterocycles. The summed E-state index contributed by atoms with van der Waals surface area (Å²) in [5.74, 6) is -0.0332. The monoisotopic (exact) mass is 305 g/mol. The van der Waals surface area contributed by atoms with Crippen LogP contribution >= 0.6 is 0 Å². The fourth-order valence-electron chi connectivity index (χ4n) is 2.29. The van der Waals surface area contributed by atoms with E-state index in [1.807, 2.05) is 6.92 Å². The van der Waals surface area contributed by atoms with E-state index < -0.39 is 0 Å². The highest BCUT2D eigenvalue weighted by molar-refractivity contribution is 5.76. The van der Waals surface area contributed by atoms with Gasteiger partial charge in [0.05, 0.1) is 12.7 Å². The van der Waals surface area contributed by atoms with Gasteiger partial charge in [-0.3, -0.25) is 4.79 Å². The Labute approximate surface area is 126 Å². The van der Waals surface area contributed by atoms with Crippen LogP contribution in [0, 0.1) is 5.82 Å². The molecular weight excluding hydrogens is 289 g/mol. The SMILES string of the molecule is CC1CN(C(=O)Cn2nnc(-c3ccc(F)cc3)n2)CCO1. The zero-order valence-corrected chi connectivity index (χ0v) is 12.1. The molecule has 0 radical (unpaired) electrons. The normalized spacial score (nSPS) is 18.5. The molecule has 0 N–H and O–H groups in total. The lowest BCUT2D eigenvalue weighted by Gasteiger charge is -2.30. The highest BCUT2D eigenvalue weighted by Gasteiger charge is 2.22. The molecule has 2 aromatic rings. The Morgan fingerprint density at radius 2 is 2.18 bits per heavy atom. The molecule has 1 aromatic heterocycles. The van der Waals surface area contributed by atoms with Gasteiger partial charge < -0.3 is 9.64 Å². The first-order valence-corrected chi connectivity index (χ1v) is 7.05. The van der Waals surface area contributed by atoms with Gasteiger partial charge in [0.15, 0.2) is 0 Å². The maximum absolute atomic E-state index is 12.9. The lowest BCUT2D eigenvalue weighted by molar-refractivity contribution is -0.139. The first kappa shape index (κ1) is 14.6. The van der Waals surface area contributed by atoms with E-state index in [1.165, 1.54) is 16.9 Å². The van der Waals surface area contributed by atoms with Crippen LogP contribution < -0.4 is 0 Å². The standard InChI is InChI=1S/C14H16FN5O2/c1-10-8-19(6-7-22-10)13(21)9-20-17-14(16-18-20)11-2-4-12(15)5-3-11/h2-5,10H,6-9H2,1H3. The number of amides is 1. The van der Waals surface area contributed by atoms with Gasteiger partial charge in [0.1, 0.15) is 12.4 Å². The largest absolute Gasteiger partial charge is 0.375 e. The topological polar surface area (TPSA) is 73.1 Å². The molecule has 1 atom stereocenters. The molecule has 7 nitrogen and oxygen atoms in total. The Bertz CT molecular complexity index is 658. The molecule has 1 aliphatic rings. The maximum Gasteiger partial charge on any atom is 0.246 e.